The molecule has 260 valence electrons. The van der Waals surface area contributed by atoms with E-state index in [0.29, 0.717) is 11.5 Å². The first-order valence-electron chi connectivity index (χ1n) is 19.4. The van der Waals surface area contributed by atoms with Gasteiger partial charge in [-0.2, -0.15) is 0 Å². The highest BCUT2D eigenvalue weighted by Gasteiger charge is 2.64. The maximum atomic E-state index is 2.87. The number of rotatable bonds is 2. The standard InChI is InChI=1S/C47H59BN2/c1-29-24-39-42-40(25-29)50(41-28-33-22-23-47(41,13)46(33,11)12)38-21-17-32(45(8,9)10)27-36(38)48(42)35-26-31(44(5,6)7)16-20-37(35)49(39)34-18-14-30(15-19-34)43(2,3)4/h14-21,24-27,33,41H,22-23,28H2,1-13H3. The lowest BCUT2D eigenvalue weighted by Crippen LogP contribution is -2.64. The van der Waals surface area contributed by atoms with E-state index in [0.717, 1.165) is 5.92 Å². The van der Waals surface area contributed by atoms with Crippen LogP contribution in [0.1, 0.15) is 125 Å². The Kier molecular flexibility index (Phi) is 7.11. The summed E-state index contributed by atoms with van der Waals surface area (Å²) in [6.07, 6.45) is 3.93. The molecule has 8 rings (SSSR count). The third kappa shape index (κ3) is 4.74. The van der Waals surface area contributed by atoms with Gasteiger partial charge in [0.25, 0.3) is 6.71 Å². The third-order valence-electron chi connectivity index (χ3n) is 14.0. The molecule has 2 aliphatic heterocycles. The Morgan fingerprint density at radius 2 is 1.14 bits per heavy atom. The Bertz CT molecular complexity index is 2010. The van der Waals surface area contributed by atoms with Crippen LogP contribution in [0.15, 0.2) is 72.8 Å². The number of anilines is 5. The van der Waals surface area contributed by atoms with Crippen molar-refractivity contribution in [1.82, 2.24) is 0 Å². The summed E-state index contributed by atoms with van der Waals surface area (Å²) < 4.78 is 0. The maximum Gasteiger partial charge on any atom is 0.252 e. The van der Waals surface area contributed by atoms with Crippen molar-refractivity contribution >= 4 is 51.5 Å². The fourth-order valence-electron chi connectivity index (χ4n) is 10.4. The van der Waals surface area contributed by atoms with Gasteiger partial charge in [-0.3, -0.25) is 0 Å². The van der Waals surface area contributed by atoms with Gasteiger partial charge in [-0.05, 0) is 134 Å². The number of nitrogens with zero attached hydrogens (tertiary/aromatic N) is 2. The molecular formula is C47H59BN2. The molecule has 2 fully saturated rings. The van der Waals surface area contributed by atoms with Crippen molar-refractivity contribution in [2.75, 3.05) is 9.80 Å². The van der Waals surface area contributed by atoms with Crippen molar-refractivity contribution in [3.05, 3.63) is 95.1 Å². The highest BCUT2D eigenvalue weighted by atomic mass is 15.2. The molecule has 2 aliphatic carbocycles. The van der Waals surface area contributed by atoms with E-state index in [1.54, 1.807) is 0 Å². The van der Waals surface area contributed by atoms with E-state index in [4.69, 9.17) is 0 Å². The van der Waals surface area contributed by atoms with Crippen molar-refractivity contribution in [1.29, 1.82) is 0 Å². The van der Waals surface area contributed by atoms with E-state index in [1.807, 2.05) is 0 Å². The molecule has 0 spiro atoms. The highest BCUT2D eigenvalue weighted by molar-refractivity contribution is 7.00. The second-order valence-electron chi connectivity index (χ2n) is 20.3. The predicted octanol–water partition coefficient (Wildman–Crippen LogP) is 10.9. The zero-order valence-corrected chi connectivity index (χ0v) is 33.2. The lowest BCUT2D eigenvalue weighted by atomic mass is 9.33. The van der Waals surface area contributed by atoms with Gasteiger partial charge in [0.15, 0.2) is 0 Å². The average Bonchev–Trinajstić information content (AvgIpc) is 3.37. The van der Waals surface area contributed by atoms with E-state index < -0.39 is 0 Å². The van der Waals surface area contributed by atoms with Crippen molar-refractivity contribution < 1.29 is 0 Å². The second-order valence-corrected chi connectivity index (χ2v) is 20.3. The minimum atomic E-state index is 0.0463. The summed E-state index contributed by atoms with van der Waals surface area (Å²) in [6, 6.07) is 29.8. The zero-order chi connectivity index (χ0) is 35.9. The van der Waals surface area contributed by atoms with Crippen LogP contribution in [0.5, 0.6) is 0 Å². The second kappa shape index (κ2) is 10.6. The Hall–Kier alpha value is -3.46. The van der Waals surface area contributed by atoms with Crippen LogP contribution in [0.4, 0.5) is 28.4 Å². The lowest BCUT2D eigenvalue weighted by Gasteiger charge is -2.51. The smallest absolute Gasteiger partial charge is 0.252 e. The third-order valence-corrected chi connectivity index (χ3v) is 14.0. The first-order valence-corrected chi connectivity index (χ1v) is 19.4. The summed E-state index contributed by atoms with van der Waals surface area (Å²) >= 11 is 0. The summed E-state index contributed by atoms with van der Waals surface area (Å²) in [4.78, 5) is 5.46. The summed E-state index contributed by atoms with van der Waals surface area (Å²) in [7, 11) is 0. The summed E-state index contributed by atoms with van der Waals surface area (Å²) in [5.41, 5.74) is 17.4. The molecule has 4 aromatic rings. The van der Waals surface area contributed by atoms with E-state index in [9.17, 15) is 0 Å². The zero-order valence-electron chi connectivity index (χ0n) is 33.2. The minimum absolute atomic E-state index is 0.0463. The van der Waals surface area contributed by atoms with Gasteiger partial charge < -0.3 is 9.80 Å². The van der Waals surface area contributed by atoms with Crippen LogP contribution in [0.25, 0.3) is 0 Å². The minimum Gasteiger partial charge on any atom is -0.339 e. The number of fused-ring (bicyclic) bond motifs is 6. The molecule has 0 N–H and O–H groups in total. The average molecular weight is 663 g/mol. The number of hydrogen-bond donors (Lipinski definition) is 0. The SMILES string of the molecule is Cc1cc2c3c(c1)N(C1CC4CCC1(C)C4(C)C)c1ccc(C(C)(C)C)cc1B3c1cc(C(C)(C)C)ccc1N2c1ccc(C(C)(C)C)cc1. The van der Waals surface area contributed by atoms with E-state index in [1.165, 1.54) is 86.3 Å². The van der Waals surface area contributed by atoms with Gasteiger partial charge >= 0.3 is 0 Å². The van der Waals surface area contributed by atoms with E-state index in [2.05, 4.69) is 173 Å². The molecule has 0 radical (unpaired) electrons. The van der Waals surface area contributed by atoms with E-state index >= 15 is 0 Å². The molecule has 2 nitrogen and oxygen atoms in total. The molecule has 4 aliphatic rings. The highest BCUT2D eigenvalue weighted by Crippen LogP contribution is 2.67. The normalized spacial score (nSPS) is 23.6. The summed E-state index contributed by atoms with van der Waals surface area (Å²) in [5.74, 6) is 0.765. The molecule has 3 heteroatoms. The first kappa shape index (κ1) is 33.7. The Balaban J connectivity index is 1.45. The van der Waals surface area contributed by atoms with Gasteiger partial charge in [-0.25, -0.2) is 0 Å². The Labute approximate surface area is 303 Å². The number of benzene rings is 4. The molecule has 4 aromatic carbocycles. The molecule has 50 heavy (non-hydrogen) atoms. The van der Waals surface area contributed by atoms with Gasteiger partial charge in [0.1, 0.15) is 0 Å². The van der Waals surface area contributed by atoms with Crippen LogP contribution in [-0.2, 0) is 16.2 Å². The quantitative estimate of drug-likeness (QED) is 0.174. The molecular weight excluding hydrogens is 603 g/mol. The molecule has 3 atom stereocenters. The van der Waals surface area contributed by atoms with Crippen molar-refractivity contribution in [3.63, 3.8) is 0 Å². The van der Waals surface area contributed by atoms with Crippen molar-refractivity contribution in [2.24, 2.45) is 16.7 Å². The van der Waals surface area contributed by atoms with Gasteiger partial charge in [0.2, 0.25) is 0 Å². The lowest BCUT2D eigenvalue weighted by molar-refractivity contribution is 0.136. The van der Waals surface area contributed by atoms with Gasteiger partial charge in [0, 0.05) is 34.5 Å². The van der Waals surface area contributed by atoms with Crippen molar-refractivity contribution in [2.45, 2.75) is 132 Å². The fraction of sp³-hybridized carbons (Fsp3) is 0.489. The summed E-state index contributed by atoms with van der Waals surface area (Å²) in [5, 5.41) is 0. The fourth-order valence-corrected chi connectivity index (χ4v) is 10.4. The monoisotopic (exact) mass is 662 g/mol. The first-order chi connectivity index (χ1) is 23.2. The molecule has 2 saturated carbocycles. The van der Waals surface area contributed by atoms with Crippen LogP contribution in [0.3, 0.4) is 0 Å². The number of hydrogen-bond acceptors (Lipinski definition) is 2. The predicted molar refractivity (Wildman–Crippen MR) is 218 cm³/mol. The molecule has 0 saturated heterocycles. The van der Waals surface area contributed by atoms with Gasteiger partial charge in [0.05, 0.1) is 0 Å². The van der Waals surface area contributed by atoms with Gasteiger partial charge in [-0.15, -0.1) is 0 Å². The summed E-state index contributed by atoms with van der Waals surface area (Å²) in [6.45, 7) is 31.3. The topological polar surface area (TPSA) is 6.48 Å². The molecule has 2 bridgehead atoms. The number of aryl methyl sites for hydroxylation is 1. The molecule has 0 aromatic heterocycles. The van der Waals surface area contributed by atoms with Crippen LogP contribution < -0.4 is 26.2 Å². The molecule has 0 amide bonds. The van der Waals surface area contributed by atoms with E-state index in [-0.39, 0.29) is 28.4 Å². The van der Waals surface area contributed by atoms with Crippen LogP contribution in [0, 0.1) is 23.7 Å². The van der Waals surface area contributed by atoms with Crippen LogP contribution in [0.2, 0.25) is 0 Å². The van der Waals surface area contributed by atoms with Crippen molar-refractivity contribution in [3.8, 4) is 0 Å². The Morgan fingerprint density at radius 3 is 1.66 bits per heavy atom. The molecule has 2 heterocycles. The maximum absolute atomic E-state index is 2.87. The molecule has 3 unspecified atom stereocenters. The van der Waals surface area contributed by atoms with Gasteiger partial charge in [-0.1, -0.05) is 119 Å². The Morgan fingerprint density at radius 1 is 0.620 bits per heavy atom. The van der Waals surface area contributed by atoms with Crippen LogP contribution in [-0.4, -0.2) is 12.8 Å². The largest absolute Gasteiger partial charge is 0.339 e. The van der Waals surface area contributed by atoms with Crippen LogP contribution >= 0.6 is 0 Å².